The molecule has 0 atom stereocenters. The quantitative estimate of drug-likeness (QED) is 0.741. The molecule has 2 rings (SSSR count). The Bertz CT molecular complexity index is 596. The van der Waals surface area contributed by atoms with Crippen molar-refractivity contribution in [1.29, 1.82) is 0 Å². The van der Waals surface area contributed by atoms with Crippen molar-refractivity contribution in [3.05, 3.63) is 57.0 Å². The second-order valence-electron chi connectivity index (χ2n) is 3.82. The lowest BCUT2D eigenvalue weighted by atomic mass is 10.1. The van der Waals surface area contributed by atoms with Crippen LogP contribution in [0.4, 0.5) is 0 Å². The van der Waals surface area contributed by atoms with E-state index >= 15 is 0 Å². The zero-order valence-corrected chi connectivity index (χ0v) is 12.0. The first kappa shape index (κ1) is 13.1. The fourth-order valence-electron chi connectivity index (χ4n) is 1.53. The molecule has 0 spiro atoms. The van der Waals surface area contributed by atoms with Crippen LogP contribution < -0.4 is 4.74 Å². The number of halogens is 2. The van der Waals surface area contributed by atoms with Crippen molar-refractivity contribution in [3.63, 3.8) is 0 Å². The Morgan fingerprint density at radius 3 is 2.61 bits per heavy atom. The molecule has 0 saturated heterocycles. The van der Waals surface area contributed by atoms with Gasteiger partial charge in [0.25, 0.3) is 0 Å². The van der Waals surface area contributed by atoms with Crippen LogP contribution in [0.15, 0.2) is 40.9 Å². The Hall–Kier alpha value is -1.32. The highest BCUT2D eigenvalue weighted by atomic mass is 79.9. The number of benzene rings is 2. The monoisotopic (exact) mass is 324 g/mol. The standard InChI is InChI=1S/C14H10BrClO2/c1-9-6-10(8-17)2-5-13(9)18-14-7-11(15)3-4-12(14)16/h2-8H,1H3. The predicted octanol–water partition coefficient (Wildman–Crippen LogP) is 5.02. The Balaban J connectivity index is 2.34. The van der Waals surface area contributed by atoms with Gasteiger partial charge in [-0.2, -0.15) is 0 Å². The minimum Gasteiger partial charge on any atom is -0.455 e. The summed E-state index contributed by atoms with van der Waals surface area (Å²) < 4.78 is 6.64. The molecule has 0 heterocycles. The molecule has 0 aliphatic carbocycles. The molecule has 0 amide bonds. The third-order valence-electron chi connectivity index (χ3n) is 2.45. The molecule has 18 heavy (non-hydrogen) atoms. The summed E-state index contributed by atoms with van der Waals surface area (Å²) in [4.78, 5) is 10.7. The van der Waals surface area contributed by atoms with Crippen LogP contribution in [-0.4, -0.2) is 6.29 Å². The maximum Gasteiger partial charge on any atom is 0.150 e. The largest absolute Gasteiger partial charge is 0.455 e. The lowest BCUT2D eigenvalue weighted by Gasteiger charge is -2.10. The second-order valence-corrected chi connectivity index (χ2v) is 5.14. The van der Waals surface area contributed by atoms with Crippen LogP contribution >= 0.6 is 27.5 Å². The molecule has 2 aromatic rings. The zero-order valence-electron chi connectivity index (χ0n) is 9.61. The molecular formula is C14H10BrClO2. The fraction of sp³-hybridized carbons (Fsp3) is 0.0714. The first-order valence-electron chi connectivity index (χ1n) is 5.29. The summed E-state index contributed by atoms with van der Waals surface area (Å²) >= 11 is 9.42. The van der Waals surface area contributed by atoms with Crippen LogP contribution in [0, 0.1) is 6.92 Å². The summed E-state index contributed by atoms with van der Waals surface area (Å²) in [5.74, 6) is 1.26. The van der Waals surface area contributed by atoms with E-state index in [4.69, 9.17) is 16.3 Å². The van der Waals surface area contributed by atoms with E-state index in [1.807, 2.05) is 13.0 Å². The molecule has 4 heteroatoms. The molecule has 0 aliphatic heterocycles. The molecule has 2 aromatic carbocycles. The average Bonchev–Trinajstić information content (AvgIpc) is 2.36. The Morgan fingerprint density at radius 1 is 1.17 bits per heavy atom. The first-order valence-corrected chi connectivity index (χ1v) is 6.46. The van der Waals surface area contributed by atoms with Crippen LogP contribution in [0.3, 0.4) is 0 Å². The van der Waals surface area contributed by atoms with Gasteiger partial charge in [0.05, 0.1) is 5.02 Å². The van der Waals surface area contributed by atoms with Gasteiger partial charge in [-0.1, -0.05) is 27.5 Å². The summed E-state index contributed by atoms with van der Waals surface area (Å²) in [6, 6.07) is 10.6. The number of rotatable bonds is 3. The molecule has 0 radical (unpaired) electrons. The minimum absolute atomic E-state index is 0.539. The van der Waals surface area contributed by atoms with E-state index < -0.39 is 0 Å². The van der Waals surface area contributed by atoms with Gasteiger partial charge >= 0.3 is 0 Å². The Labute approximate surface area is 119 Å². The van der Waals surface area contributed by atoms with Crippen molar-refractivity contribution in [3.8, 4) is 11.5 Å². The van der Waals surface area contributed by atoms with Crippen LogP contribution in [0.2, 0.25) is 5.02 Å². The molecule has 0 saturated carbocycles. The molecule has 0 aliphatic rings. The van der Waals surface area contributed by atoms with Crippen molar-refractivity contribution in [2.75, 3.05) is 0 Å². The van der Waals surface area contributed by atoms with E-state index in [2.05, 4.69) is 15.9 Å². The zero-order chi connectivity index (χ0) is 13.1. The molecule has 2 nitrogen and oxygen atoms in total. The fourth-order valence-corrected chi connectivity index (χ4v) is 2.03. The molecule has 0 unspecified atom stereocenters. The molecule has 0 N–H and O–H groups in total. The highest BCUT2D eigenvalue weighted by Crippen LogP contribution is 2.33. The van der Waals surface area contributed by atoms with E-state index in [0.29, 0.717) is 22.1 Å². The van der Waals surface area contributed by atoms with Crippen LogP contribution in [0.25, 0.3) is 0 Å². The van der Waals surface area contributed by atoms with Crippen molar-refractivity contribution in [1.82, 2.24) is 0 Å². The molecular weight excluding hydrogens is 316 g/mol. The van der Waals surface area contributed by atoms with Gasteiger partial charge in [0.1, 0.15) is 17.8 Å². The second kappa shape index (κ2) is 5.55. The maximum atomic E-state index is 10.7. The Kier molecular flexibility index (Phi) is 4.04. The van der Waals surface area contributed by atoms with E-state index in [1.165, 1.54) is 0 Å². The number of carbonyl (C=O) groups is 1. The van der Waals surface area contributed by atoms with E-state index in [-0.39, 0.29) is 0 Å². The van der Waals surface area contributed by atoms with Gasteiger partial charge in [-0.25, -0.2) is 0 Å². The van der Waals surface area contributed by atoms with Crippen molar-refractivity contribution in [2.45, 2.75) is 6.92 Å². The van der Waals surface area contributed by atoms with E-state index in [0.717, 1.165) is 16.3 Å². The normalized spacial score (nSPS) is 10.2. The van der Waals surface area contributed by atoms with Gasteiger partial charge in [-0.3, -0.25) is 4.79 Å². The summed E-state index contributed by atoms with van der Waals surface area (Å²) in [6.45, 7) is 1.88. The van der Waals surface area contributed by atoms with Gasteiger partial charge in [-0.05, 0) is 48.9 Å². The van der Waals surface area contributed by atoms with Crippen LogP contribution in [-0.2, 0) is 0 Å². The van der Waals surface area contributed by atoms with Gasteiger partial charge in [0.15, 0.2) is 0 Å². The van der Waals surface area contributed by atoms with Gasteiger partial charge < -0.3 is 4.74 Å². The Morgan fingerprint density at radius 2 is 1.94 bits per heavy atom. The predicted molar refractivity (Wildman–Crippen MR) is 75.8 cm³/mol. The van der Waals surface area contributed by atoms with Crippen molar-refractivity contribution in [2.24, 2.45) is 0 Å². The van der Waals surface area contributed by atoms with E-state index in [9.17, 15) is 4.79 Å². The lowest BCUT2D eigenvalue weighted by Crippen LogP contribution is -1.90. The number of aryl methyl sites for hydroxylation is 1. The average molecular weight is 326 g/mol. The van der Waals surface area contributed by atoms with Gasteiger partial charge in [-0.15, -0.1) is 0 Å². The number of carbonyl (C=O) groups excluding carboxylic acids is 1. The summed E-state index contributed by atoms with van der Waals surface area (Å²) in [6.07, 6.45) is 0.808. The first-order chi connectivity index (χ1) is 8.60. The van der Waals surface area contributed by atoms with Gasteiger partial charge in [0, 0.05) is 10.0 Å². The topological polar surface area (TPSA) is 26.3 Å². The highest BCUT2D eigenvalue weighted by Gasteiger charge is 2.06. The maximum absolute atomic E-state index is 10.7. The number of hydrogen-bond acceptors (Lipinski definition) is 2. The number of aldehydes is 1. The van der Waals surface area contributed by atoms with Gasteiger partial charge in [0.2, 0.25) is 0 Å². The third-order valence-corrected chi connectivity index (χ3v) is 3.25. The van der Waals surface area contributed by atoms with Crippen LogP contribution in [0.1, 0.15) is 15.9 Å². The molecule has 0 fully saturated rings. The molecule has 0 aromatic heterocycles. The van der Waals surface area contributed by atoms with E-state index in [1.54, 1.807) is 30.3 Å². The summed E-state index contributed by atoms with van der Waals surface area (Å²) in [5, 5.41) is 0.539. The summed E-state index contributed by atoms with van der Waals surface area (Å²) in [7, 11) is 0. The third kappa shape index (κ3) is 2.92. The number of hydrogen-bond donors (Lipinski definition) is 0. The van der Waals surface area contributed by atoms with Crippen LogP contribution in [0.5, 0.6) is 11.5 Å². The smallest absolute Gasteiger partial charge is 0.150 e. The summed E-state index contributed by atoms with van der Waals surface area (Å²) in [5.41, 5.74) is 1.51. The molecule has 92 valence electrons. The number of ether oxygens (including phenoxy) is 1. The molecule has 0 bridgehead atoms. The minimum atomic E-state index is 0.539. The SMILES string of the molecule is Cc1cc(C=O)ccc1Oc1cc(Br)ccc1Cl. The van der Waals surface area contributed by atoms with Crippen molar-refractivity contribution >= 4 is 33.8 Å². The van der Waals surface area contributed by atoms with Crippen molar-refractivity contribution < 1.29 is 9.53 Å². The lowest BCUT2D eigenvalue weighted by molar-refractivity contribution is 0.112. The highest BCUT2D eigenvalue weighted by molar-refractivity contribution is 9.10.